The van der Waals surface area contributed by atoms with Crippen LogP contribution in [0.5, 0.6) is 0 Å². The second-order valence-corrected chi connectivity index (χ2v) is 4.22. The summed E-state index contributed by atoms with van der Waals surface area (Å²) >= 11 is 0. The summed E-state index contributed by atoms with van der Waals surface area (Å²) in [4.78, 5) is 13.8. The van der Waals surface area contributed by atoms with E-state index in [1.54, 1.807) is 6.92 Å². The maximum Gasteiger partial charge on any atom is 0.418 e. The van der Waals surface area contributed by atoms with Gasteiger partial charge in [-0.3, -0.25) is 0 Å². The molecule has 1 aromatic rings. The predicted octanol–water partition coefficient (Wildman–Crippen LogP) is 1.07. The lowest BCUT2D eigenvalue weighted by molar-refractivity contribution is -0.137. The molecule has 1 fully saturated rings. The molecule has 0 aliphatic carbocycles. The van der Waals surface area contributed by atoms with Crippen molar-refractivity contribution in [2.24, 2.45) is 0 Å². The summed E-state index contributed by atoms with van der Waals surface area (Å²) in [6.45, 7) is 1.57. The summed E-state index contributed by atoms with van der Waals surface area (Å²) in [6, 6.07) is -0.502. The van der Waals surface area contributed by atoms with Gasteiger partial charge in [0.1, 0.15) is 0 Å². The highest BCUT2D eigenvalue weighted by molar-refractivity contribution is 5.93. The molecule has 1 N–H and O–H groups in total. The van der Waals surface area contributed by atoms with Crippen LogP contribution in [0.2, 0.25) is 0 Å². The first-order valence-electron chi connectivity index (χ1n) is 5.37. The molecule has 1 aliphatic rings. The van der Waals surface area contributed by atoms with E-state index in [0.717, 1.165) is 4.90 Å². The predicted molar refractivity (Wildman–Crippen MR) is 58.1 cm³/mol. The van der Waals surface area contributed by atoms with Crippen molar-refractivity contribution in [3.05, 3.63) is 17.8 Å². The third kappa shape index (κ3) is 2.21. The van der Waals surface area contributed by atoms with Crippen LogP contribution in [0.1, 0.15) is 12.5 Å². The van der Waals surface area contributed by atoms with Crippen LogP contribution < -0.4 is 4.90 Å². The molecule has 2 rings (SSSR count). The first-order chi connectivity index (χ1) is 8.73. The largest absolute Gasteiger partial charge is 0.418 e. The third-order valence-electron chi connectivity index (χ3n) is 3.03. The van der Waals surface area contributed by atoms with Crippen LogP contribution >= 0.6 is 0 Å². The average Bonchev–Trinajstić information content (AvgIpc) is 2.53. The smallest absolute Gasteiger partial charge is 0.371 e. The Labute approximate surface area is 106 Å². The van der Waals surface area contributed by atoms with Crippen LogP contribution in [0.25, 0.3) is 0 Å². The topological polar surface area (TPSA) is 69.6 Å². The number of anilines is 1. The monoisotopic (exact) mass is 276 g/mol. The minimum absolute atomic E-state index is 0.330. The maximum atomic E-state index is 12.6. The number of urea groups is 1. The number of aliphatic hydroxyl groups is 1. The van der Waals surface area contributed by atoms with E-state index >= 15 is 0 Å². The lowest BCUT2D eigenvalue weighted by Crippen LogP contribution is -2.36. The molecule has 2 unspecified atom stereocenters. The zero-order valence-electron chi connectivity index (χ0n) is 10.1. The van der Waals surface area contributed by atoms with Gasteiger partial charge < -0.3 is 10.0 Å². The van der Waals surface area contributed by atoms with Gasteiger partial charge in [0.15, 0.2) is 12.0 Å². The van der Waals surface area contributed by atoms with E-state index < -0.39 is 30.0 Å². The molecule has 2 heterocycles. The van der Waals surface area contributed by atoms with Crippen molar-refractivity contribution in [3.63, 3.8) is 0 Å². The highest BCUT2D eigenvalue weighted by atomic mass is 19.4. The number of carbonyl (C=O) groups excluding carboxylic acids is 1. The maximum absolute atomic E-state index is 12.6. The van der Waals surface area contributed by atoms with Gasteiger partial charge in [-0.25, -0.2) is 9.69 Å². The number of hydrogen-bond donors (Lipinski definition) is 1. The summed E-state index contributed by atoms with van der Waals surface area (Å²) in [5, 5.41) is 16.6. The van der Waals surface area contributed by atoms with Gasteiger partial charge in [0.25, 0.3) is 0 Å². The third-order valence-corrected chi connectivity index (χ3v) is 3.03. The summed E-state index contributed by atoms with van der Waals surface area (Å²) < 4.78 is 37.7. The Morgan fingerprint density at radius 3 is 2.53 bits per heavy atom. The molecule has 1 aromatic heterocycles. The van der Waals surface area contributed by atoms with E-state index in [4.69, 9.17) is 0 Å². The number of rotatable bonds is 1. The van der Waals surface area contributed by atoms with Gasteiger partial charge in [-0.1, -0.05) is 0 Å². The highest BCUT2D eigenvalue weighted by Crippen LogP contribution is 2.32. The van der Waals surface area contributed by atoms with Gasteiger partial charge in [-0.2, -0.15) is 18.3 Å². The summed E-state index contributed by atoms with van der Waals surface area (Å²) in [7, 11) is 1.44. The molecule has 0 aromatic carbocycles. The lowest BCUT2D eigenvalue weighted by Gasteiger charge is -2.19. The number of likely N-dealkylation sites (N-methyl/N-ethyl adjacent to an activating group) is 1. The molecule has 104 valence electrons. The molecule has 2 amide bonds. The van der Waals surface area contributed by atoms with Gasteiger partial charge in [-0.15, -0.1) is 5.10 Å². The Hall–Kier alpha value is -1.90. The van der Waals surface area contributed by atoms with E-state index in [2.05, 4.69) is 10.2 Å². The molecule has 2 atom stereocenters. The van der Waals surface area contributed by atoms with Gasteiger partial charge in [0.05, 0.1) is 17.8 Å². The molecular formula is C10H11F3N4O2. The van der Waals surface area contributed by atoms with Crippen molar-refractivity contribution in [2.75, 3.05) is 11.9 Å². The molecule has 1 saturated heterocycles. The fourth-order valence-corrected chi connectivity index (χ4v) is 1.73. The van der Waals surface area contributed by atoms with Gasteiger partial charge in [0.2, 0.25) is 0 Å². The number of amides is 2. The first kappa shape index (κ1) is 13.5. The van der Waals surface area contributed by atoms with Gasteiger partial charge in [-0.05, 0) is 13.0 Å². The minimum Gasteiger partial charge on any atom is -0.371 e. The second-order valence-electron chi connectivity index (χ2n) is 4.22. The Bertz CT molecular complexity index is 508. The van der Waals surface area contributed by atoms with Crippen molar-refractivity contribution in [3.8, 4) is 0 Å². The van der Waals surface area contributed by atoms with Crippen LogP contribution in [0.3, 0.4) is 0 Å². The summed E-state index contributed by atoms with van der Waals surface area (Å²) in [6.07, 6.45) is -5.30. The Morgan fingerprint density at radius 1 is 1.42 bits per heavy atom. The van der Waals surface area contributed by atoms with Crippen LogP contribution in [0.4, 0.5) is 23.8 Å². The summed E-state index contributed by atoms with van der Waals surface area (Å²) in [5.74, 6) is -0.330. The van der Waals surface area contributed by atoms with Crippen molar-refractivity contribution in [2.45, 2.75) is 25.4 Å². The molecule has 0 bridgehead atoms. The molecular weight excluding hydrogens is 265 g/mol. The zero-order chi connectivity index (χ0) is 14.4. The van der Waals surface area contributed by atoms with Crippen molar-refractivity contribution in [1.82, 2.24) is 15.1 Å². The normalized spacial score (nSPS) is 24.2. The van der Waals surface area contributed by atoms with E-state index in [9.17, 15) is 23.1 Å². The fourth-order valence-electron chi connectivity index (χ4n) is 1.73. The number of nitrogens with zero attached hydrogens (tertiary/aromatic N) is 4. The fraction of sp³-hybridized carbons (Fsp3) is 0.500. The van der Waals surface area contributed by atoms with Crippen LogP contribution in [-0.2, 0) is 6.18 Å². The zero-order valence-corrected chi connectivity index (χ0v) is 10.1. The van der Waals surface area contributed by atoms with Crippen molar-refractivity contribution < 1.29 is 23.1 Å². The molecule has 1 aliphatic heterocycles. The van der Waals surface area contributed by atoms with E-state index in [1.807, 2.05) is 0 Å². The van der Waals surface area contributed by atoms with E-state index in [0.29, 0.717) is 12.3 Å². The highest BCUT2D eigenvalue weighted by Gasteiger charge is 2.43. The number of aliphatic hydroxyl groups excluding tert-OH is 1. The number of carbonyl (C=O) groups is 1. The second kappa shape index (κ2) is 4.34. The number of halogens is 3. The first-order valence-corrected chi connectivity index (χ1v) is 5.37. The SMILES string of the molecule is CC1C(O)N(c2cc(C(F)(F)F)cnn2)C(=O)N1C. The van der Waals surface area contributed by atoms with Gasteiger partial charge in [0, 0.05) is 7.05 Å². The van der Waals surface area contributed by atoms with Crippen molar-refractivity contribution in [1.29, 1.82) is 0 Å². The Morgan fingerprint density at radius 2 is 2.05 bits per heavy atom. The number of aromatic nitrogens is 2. The standard InChI is InChI=1S/C10H11F3N4O2/c1-5-8(18)17(9(19)16(5)2)7-3-6(4-14-15-7)10(11,12)13/h3-5,8,18H,1-2H3. The van der Waals surface area contributed by atoms with Crippen LogP contribution in [0.15, 0.2) is 12.3 Å². The lowest BCUT2D eigenvalue weighted by atomic mass is 10.2. The summed E-state index contributed by atoms with van der Waals surface area (Å²) in [5.41, 5.74) is -1.03. The molecule has 0 saturated carbocycles. The van der Waals surface area contributed by atoms with Crippen LogP contribution in [-0.4, -0.2) is 45.6 Å². The van der Waals surface area contributed by atoms with Crippen LogP contribution in [0, 0.1) is 0 Å². The Kier molecular flexibility index (Phi) is 3.09. The molecule has 0 radical (unpaired) electrons. The molecule has 19 heavy (non-hydrogen) atoms. The minimum atomic E-state index is -4.59. The number of hydrogen-bond acceptors (Lipinski definition) is 4. The average molecular weight is 276 g/mol. The quantitative estimate of drug-likeness (QED) is 0.833. The van der Waals surface area contributed by atoms with Crippen molar-refractivity contribution >= 4 is 11.8 Å². The number of alkyl halides is 3. The Balaban J connectivity index is 2.40. The van der Waals surface area contributed by atoms with E-state index in [1.165, 1.54) is 11.9 Å². The van der Waals surface area contributed by atoms with E-state index in [-0.39, 0.29) is 5.82 Å². The molecule has 9 heteroatoms. The van der Waals surface area contributed by atoms with Gasteiger partial charge >= 0.3 is 12.2 Å². The molecule has 6 nitrogen and oxygen atoms in total. The molecule has 0 spiro atoms.